The first-order valence-corrected chi connectivity index (χ1v) is 8.25. The van der Waals surface area contributed by atoms with Crippen LogP contribution in [0.15, 0.2) is 53.9 Å². The molecule has 0 fully saturated rings. The molecule has 0 aliphatic heterocycles. The second-order valence-corrected chi connectivity index (χ2v) is 5.97. The minimum absolute atomic E-state index is 0.0165. The Morgan fingerprint density at radius 3 is 2.50 bits per heavy atom. The molecule has 3 rings (SSSR count). The molecule has 1 amide bonds. The molecule has 1 N–H and O–H groups in total. The number of hydrogen-bond donors (Lipinski definition) is 1. The number of rotatable bonds is 5. The van der Waals surface area contributed by atoms with Gasteiger partial charge < -0.3 is 5.32 Å². The first kappa shape index (κ1) is 16.3. The zero-order valence-corrected chi connectivity index (χ0v) is 13.4. The Morgan fingerprint density at radius 1 is 1.04 bits per heavy atom. The van der Waals surface area contributed by atoms with Crippen LogP contribution in [0.3, 0.4) is 0 Å². The van der Waals surface area contributed by atoms with Gasteiger partial charge in [0.05, 0.1) is 11.3 Å². The van der Waals surface area contributed by atoms with E-state index in [0.29, 0.717) is 23.5 Å². The largest absolute Gasteiger partial charge is 0.352 e. The third-order valence-corrected chi connectivity index (χ3v) is 4.37. The molecule has 0 bridgehead atoms. The van der Waals surface area contributed by atoms with Gasteiger partial charge in [-0.1, -0.05) is 24.3 Å². The van der Waals surface area contributed by atoms with E-state index in [9.17, 15) is 13.6 Å². The van der Waals surface area contributed by atoms with Crippen LogP contribution in [0.5, 0.6) is 0 Å². The smallest absolute Gasteiger partial charge is 0.254 e. The van der Waals surface area contributed by atoms with Crippen molar-refractivity contribution in [1.29, 1.82) is 0 Å². The van der Waals surface area contributed by atoms with Crippen LogP contribution in [-0.4, -0.2) is 17.4 Å². The molecule has 0 aliphatic rings. The molecule has 1 aromatic heterocycles. The Hall–Kier alpha value is -2.60. The van der Waals surface area contributed by atoms with Gasteiger partial charge in [0.1, 0.15) is 16.6 Å². The Kier molecular flexibility index (Phi) is 4.96. The molecule has 3 aromatic rings. The van der Waals surface area contributed by atoms with Crippen LogP contribution in [0.25, 0.3) is 10.6 Å². The van der Waals surface area contributed by atoms with Crippen LogP contribution in [0, 0.1) is 11.6 Å². The molecule has 1 heterocycles. The molecular weight excluding hydrogens is 330 g/mol. The second-order valence-electron chi connectivity index (χ2n) is 5.11. The predicted octanol–water partition coefficient (Wildman–Crippen LogP) is 4.06. The third-order valence-electron chi connectivity index (χ3n) is 3.44. The summed E-state index contributed by atoms with van der Waals surface area (Å²) in [6.45, 7) is 0.327. The summed E-state index contributed by atoms with van der Waals surface area (Å²) < 4.78 is 27.3. The maximum atomic E-state index is 13.7. The van der Waals surface area contributed by atoms with Gasteiger partial charge in [0, 0.05) is 23.9 Å². The summed E-state index contributed by atoms with van der Waals surface area (Å²) in [5, 5.41) is 5.09. The molecule has 0 radical (unpaired) electrons. The van der Waals surface area contributed by atoms with Crippen molar-refractivity contribution in [2.24, 2.45) is 0 Å². The molecule has 0 spiro atoms. The molecule has 0 atom stereocenters. The highest BCUT2D eigenvalue weighted by Gasteiger charge is 2.11. The number of halogens is 2. The fraction of sp³-hybridized carbons (Fsp3) is 0.111. The summed E-state index contributed by atoms with van der Waals surface area (Å²) >= 11 is 1.35. The van der Waals surface area contributed by atoms with E-state index in [1.165, 1.54) is 35.6 Å². The summed E-state index contributed by atoms with van der Waals surface area (Å²) in [5.74, 6) is -1.32. The van der Waals surface area contributed by atoms with Crippen molar-refractivity contribution >= 4 is 17.2 Å². The molecule has 0 saturated heterocycles. The van der Waals surface area contributed by atoms with Crippen LogP contribution in [0.2, 0.25) is 0 Å². The average molecular weight is 344 g/mol. The molecule has 6 heteroatoms. The monoisotopic (exact) mass is 344 g/mol. The van der Waals surface area contributed by atoms with Crippen molar-refractivity contribution in [3.8, 4) is 10.6 Å². The standard InChI is InChI=1S/C18H14F2N2OS/c19-15-7-3-1-5-13(15)17(23)21-10-9-12-11-24-18(22-12)14-6-2-4-8-16(14)20/h1-8,11H,9-10H2,(H,21,23). The molecule has 0 aliphatic carbocycles. The normalized spacial score (nSPS) is 10.6. The van der Waals surface area contributed by atoms with Gasteiger partial charge in [-0.15, -0.1) is 11.3 Å². The lowest BCUT2D eigenvalue weighted by Gasteiger charge is -2.04. The number of thiazole rings is 1. The summed E-state index contributed by atoms with van der Waals surface area (Å²) in [4.78, 5) is 16.3. The molecular formula is C18H14F2N2OS. The molecule has 0 unspecified atom stereocenters. The number of hydrogen-bond acceptors (Lipinski definition) is 3. The van der Waals surface area contributed by atoms with Crippen molar-refractivity contribution < 1.29 is 13.6 Å². The highest BCUT2D eigenvalue weighted by molar-refractivity contribution is 7.13. The van der Waals surface area contributed by atoms with Gasteiger partial charge in [-0.3, -0.25) is 4.79 Å². The summed E-state index contributed by atoms with van der Waals surface area (Å²) in [7, 11) is 0. The third kappa shape index (κ3) is 3.65. The molecule has 2 aromatic carbocycles. The quantitative estimate of drug-likeness (QED) is 0.758. The summed E-state index contributed by atoms with van der Waals surface area (Å²) in [5.41, 5.74) is 1.24. The Balaban J connectivity index is 1.59. The lowest BCUT2D eigenvalue weighted by atomic mass is 10.2. The van der Waals surface area contributed by atoms with E-state index in [1.54, 1.807) is 24.3 Å². The van der Waals surface area contributed by atoms with Crippen LogP contribution < -0.4 is 5.32 Å². The average Bonchev–Trinajstić information content (AvgIpc) is 3.04. The number of aromatic nitrogens is 1. The summed E-state index contributed by atoms with van der Waals surface area (Å²) in [6, 6.07) is 12.3. The Morgan fingerprint density at radius 2 is 1.75 bits per heavy atom. The Bertz CT molecular complexity index is 863. The zero-order chi connectivity index (χ0) is 16.9. The lowest BCUT2D eigenvalue weighted by Crippen LogP contribution is -2.26. The highest BCUT2D eigenvalue weighted by Crippen LogP contribution is 2.26. The number of carbonyl (C=O) groups excluding carboxylic acids is 1. The van der Waals surface area contributed by atoms with Gasteiger partial charge in [-0.25, -0.2) is 13.8 Å². The zero-order valence-electron chi connectivity index (χ0n) is 12.6. The van der Waals surface area contributed by atoms with E-state index in [2.05, 4.69) is 10.3 Å². The van der Waals surface area contributed by atoms with Crippen LogP contribution in [0.4, 0.5) is 8.78 Å². The number of carbonyl (C=O) groups is 1. The molecule has 122 valence electrons. The SMILES string of the molecule is O=C(NCCc1csc(-c2ccccc2F)n1)c1ccccc1F. The van der Waals surface area contributed by atoms with Crippen LogP contribution in [0.1, 0.15) is 16.1 Å². The van der Waals surface area contributed by atoms with Gasteiger partial charge in [0.2, 0.25) is 0 Å². The van der Waals surface area contributed by atoms with Gasteiger partial charge in [-0.05, 0) is 24.3 Å². The van der Waals surface area contributed by atoms with E-state index in [1.807, 2.05) is 5.38 Å². The Labute approximate surface area is 142 Å². The van der Waals surface area contributed by atoms with E-state index in [0.717, 1.165) is 5.69 Å². The number of benzene rings is 2. The number of nitrogens with one attached hydrogen (secondary N) is 1. The van der Waals surface area contributed by atoms with Gasteiger partial charge in [0.25, 0.3) is 5.91 Å². The molecule has 0 saturated carbocycles. The van der Waals surface area contributed by atoms with Crippen LogP contribution >= 0.6 is 11.3 Å². The van der Waals surface area contributed by atoms with Crippen LogP contribution in [-0.2, 0) is 6.42 Å². The van der Waals surface area contributed by atoms with Crippen molar-refractivity contribution in [3.63, 3.8) is 0 Å². The second kappa shape index (κ2) is 7.31. The van der Waals surface area contributed by atoms with E-state index >= 15 is 0 Å². The van der Waals surface area contributed by atoms with E-state index in [4.69, 9.17) is 0 Å². The molecule has 3 nitrogen and oxygen atoms in total. The first-order valence-electron chi connectivity index (χ1n) is 7.37. The van der Waals surface area contributed by atoms with Crippen molar-refractivity contribution in [2.75, 3.05) is 6.54 Å². The molecule has 24 heavy (non-hydrogen) atoms. The van der Waals surface area contributed by atoms with Gasteiger partial charge in [-0.2, -0.15) is 0 Å². The number of amides is 1. The summed E-state index contributed by atoms with van der Waals surface area (Å²) in [6.07, 6.45) is 0.491. The lowest BCUT2D eigenvalue weighted by molar-refractivity contribution is 0.0950. The predicted molar refractivity (Wildman–Crippen MR) is 89.9 cm³/mol. The first-order chi connectivity index (χ1) is 11.6. The fourth-order valence-corrected chi connectivity index (χ4v) is 3.11. The van der Waals surface area contributed by atoms with Crippen molar-refractivity contribution in [1.82, 2.24) is 10.3 Å². The topological polar surface area (TPSA) is 42.0 Å². The minimum Gasteiger partial charge on any atom is -0.352 e. The van der Waals surface area contributed by atoms with Gasteiger partial charge >= 0.3 is 0 Å². The van der Waals surface area contributed by atoms with Crippen molar-refractivity contribution in [3.05, 3.63) is 76.8 Å². The van der Waals surface area contributed by atoms with Gasteiger partial charge in [0.15, 0.2) is 0 Å². The van der Waals surface area contributed by atoms with Crippen molar-refractivity contribution in [2.45, 2.75) is 6.42 Å². The number of nitrogens with zero attached hydrogens (tertiary/aromatic N) is 1. The van der Waals surface area contributed by atoms with E-state index < -0.39 is 11.7 Å². The highest BCUT2D eigenvalue weighted by atomic mass is 32.1. The fourth-order valence-electron chi connectivity index (χ4n) is 2.22. The maximum absolute atomic E-state index is 13.7. The van der Waals surface area contributed by atoms with E-state index in [-0.39, 0.29) is 11.4 Å². The maximum Gasteiger partial charge on any atom is 0.254 e. The minimum atomic E-state index is -0.550.